The van der Waals surface area contributed by atoms with Crippen LogP contribution in [0.15, 0.2) is 21.5 Å². The van der Waals surface area contributed by atoms with Crippen molar-refractivity contribution in [1.82, 2.24) is 4.72 Å². The Hall–Kier alpha value is -0.0800. The van der Waals surface area contributed by atoms with Crippen LogP contribution in [0.25, 0.3) is 0 Å². The van der Waals surface area contributed by atoms with E-state index in [0.717, 1.165) is 19.3 Å². The molecule has 0 aromatic heterocycles. The van der Waals surface area contributed by atoms with Gasteiger partial charge in [0.15, 0.2) is 0 Å². The Bertz CT molecular complexity index is 622. The van der Waals surface area contributed by atoms with Gasteiger partial charge in [-0.1, -0.05) is 22.4 Å². The number of thioether (sulfide) groups is 1. The van der Waals surface area contributed by atoms with Crippen LogP contribution in [-0.4, -0.2) is 31.1 Å². The fourth-order valence-corrected chi connectivity index (χ4v) is 5.49. The molecule has 0 atom stereocenters. The lowest BCUT2D eigenvalue weighted by Gasteiger charge is -2.40. The van der Waals surface area contributed by atoms with Crippen molar-refractivity contribution >= 4 is 37.7 Å². The van der Waals surface area contributed by atoms with Gasteiger partial charge in [0.2, 0.25) is 10.0 Å². The Morgan fingerprint density at radius 2 is 2.10 bits per heavy atom. The standard InChI is InChI=1S/C14H20BrNO3S2/c1-10-12(15)6-11(8-17)7-13(10)21(18,19)16-9-14(20-2)4-3-5-14/h6-7,16-17H,3-5,8-9H2,1-2H3. The largest absolute Gasteiger partial charge is 0.392 e. The van der Waals surface area contributed by atoms with Gasteiger partial charge >= 0.3 is 0 Å². The zero-order valence-electron chi connectivity index (χ0n) is 12.1. The second-order valence-electron chi connectivity index (χ2n) is 5.42. The van der Waals surface area contributed by atoms with Crippen LogP contribution in [0.2, 0.25) is 0 Å². The van der Waals surface area contributed by atoms with Gasteiger partial charge < -0.3 is 5.11 Å². The van der Waals surface area contributed by atoms with E-state index in [-0.39, 0.29) is 16.2 Å². The van der Waals surface area contributed by atoms with Gasteiger partial charge in [-0.25, -0.2) is 13.1 Å². The predicted octanol–water partition coefficient (Wildman–Crippen LogP) is 2.81. The first-order chi connectivity index (χ1) is 9.83. The summed E-state index contributed by atoms with van der Waals surface area (Å²) < 4.78 is 28.6. The van der Waals surface area contributed by atoms with E-state index in [9.17, 15) is 13.5 Å². The average Bonchev–Trinajstić information content (AvgIpc) is 2.40. The summed E-state index contributed by atoms with van der Waals surface area (Å²) in [6.07, 6.45) is 5.29. The number of halogens is 1. The SMILES string of the molecule is CSC1(CNS(=O)(=O)c2cc(CO)cc(Br)c2C)CCC1. The number of nitrogens with one attached hydrogen (secondary N) is 1. The normalized spacial score (nSPS) is 17.5. The number of rotatable bonds is 6. The molecule has 21 heavy (non-hydrogen) atoms. The van der Waals surface area contributed by atoms with Gasteiger partial charge in [0, 0.05) is 15.8 Å². The van der Waals surface area contributed by atoms with Crippen LogP contribution < -0.4 is 4.72 Å². The van der Waals surface area contributed by atoms with Gasteiger partial charge in [-0.05, 0) is 49.3 Å². The molecule has 2 N–H and O–H groups in total. The molecule has 0 bridgehead atoms. The van der Waals surface area contributed by atoms with Gasteiger partial charge in [0.25, 0.3) is 0 Å². The van der Waals surface area contributed by atoms with Gasteiger partial charge in [0.1, 0.15) is 0 Å². The van der Waals surface area contributed by atoms with Crippen molar-refractivity contribution in [2.75, 3.05) is 12.8 Å². The number of benzene rings is 1. The molecule has 2 rings (SSSR count). The van der Waals surface area contributed by atoms with Crippen LogP contribution in [0.4, 0.5) is 0 Å². The second-order valence-corrected chi connectivity index (χ2v) is 9.29. The molecule has 1 aromatic carbocycles. The van der Waals surface area contributed by atoms with E-state index in [2.05, 4.69) is 20.7 Å². The predicted molar refractivity (Wildman–Crippen MR) is 90.1 cm³/mol. The highest BCUT2D eigenvalue weighted by atomic mass is 79.9. The molecule has 7 heteroatoms. The number of hydrogen-bond acceptors (Lipinski definition) is 4. The summed E-state index contributed by atoms with van der Waals surface area (Å²) in [5, 5.41) is 9.25. The number of aliphatic hydroxyl groups is 1. The Morgan fingerprint density at radius 1 is 1.43 bits per heavy atom. The van der Waals surface area contributed by atoms with E-state index < -0.39 is 10.0 Å². The van der Waals surface area contributed by atoms with Crippen LogP contribution in [0.3, 0.4) is 0 Å². The summed E-state index contributed by atoms with van der Waals surface area (Å²) in [4.78, 5) is 0.233. The van der Waals surface area contributed by atoms with Crippen LogP contribution in [0, 0.1) is 6.92 Å². The molecule has 1 aromatic rings. The highest BCUT2D eigenvalue weighted by Gasteiger charge is 2.37. The molecule has 1 saturated carbocycles. The van der Waals surface area contributed by atoms with Crippen molar-refractivity contribution in [2.45, 2.75) is 42.4 Å². The van der Waals surface area contributed by atoms with E-state index in [0.29, 0.717) is 22.1 Å². The van der Waals surface area contributed by atoms with E-state index >= 15 is 0 Å². The molecular weight excluding hydrogens is 374 g/mol. The maximum absolute atomic E-state index is 12.6. The third-order valence-electron chi connectivity index (χ3n) is 4.11. The molecular formula is C14H20BrNO3S2. The number of aliphatic hydroxyl groups excluding tert-OH is 1. The van der Waals surface area contributed by atoms with Gasteiger partial charge in [0.05, 0.1) is 11.5 Å². The summed E-state index contributed by atoms with van der Waals surface area (Å²) in [5.74, 6) is 0. The minimum atomic E-state index is -3.57. The zero-order valence-corrected chi connectivity index (χ0v) is 15.4. The maximum Gasteiger partial charge on any atom is 0.240 e. The van der Waals surface area contributed by atoms with Crippen LogP contribution >= 0.6 is 27.7 Å². The lowest BCUT2D eigenvalue weighted by molar-refractivity contribution is 0.281. The van der Waals surface area contributed by atoms with Crippen molar-refractivity contribution in [2.24, 2.45) is 0 Å². The second kappa shape index (κ2) is 6.58. The lowest BCUT2D eigenvalue weighted by Crippen LogP contribution is -2.45. The Balaban J connectivity index is 2.25. The molecule has 0 radical (unpaired) electrons. The molecule has 4 nitrogen and oxygen atoms in total. The minimum absolute atomic E-state index is 0.0484. The molecule has 0 unspecified atom stereocenters. The Morgan fingerprint density at radius 3 is 2.57 bits per heavy atom. The molecule has 1 fully saturated rings. The van der Waals surface area contributed by atoms with Crippen molar-refractivity contribution in [3.63, 3.8) is 0 Å². The van der Waals surface area contributed by atoms with Crippen LogP contribution in [0.5, 0.6) is 0 Å². The maximum atomic E-state index is 12.6. The zero-order chi connectivity index (χ0) is 15.7. The first kappa shape index (κ1) is 17.3. The Kier molecular flexibility index (Phi) is 5.41. The van der Waals surface area contributed by atoms with Crippen LogP contribution in [-0.2, 0) is 16.6 Å². The molecule has 0 aliphatic heterocycles. The fraction of sp³-hybridized carbons (Fsp3) is 0.571. The van der Waals surface area contributed by atoms with Crippen molar-refractivity contribution < 1.29 is 13.5 Å². The van der Waals surface area contributed by atoms with Gasteiger partial charge in [-0.2, -0.15) is 11.8 Å². The fourth-order valence-electron chi connectivity index (χ4n) is 2.41. The lowest BCUT2D eigenvalue weighted by atomic mass is 9.84. The van der Waals surface area contributed by atoms with Crippen molar-refractivity contribution in [3.05, 3.63) is 27.7 Å². The average molecular weight is 394 g/mol. The van der Waals surface area contributed by atoms with Crippen molar-refractivity contribution in [1.29, 1.82) is 0 Å². The first-order valence-electron chi connectivity index (χ1n) is 6.78. The third-order valence-corrected chi connectivity index (χ3v) is 7.88. The number of hydrogen-bond donors (Lipinski definition) is 2. The van der Waals surface area contributed by atoms with Crippen molar-refractivity contribution in [3.8, 4) is 0 Å². The summed E-state index contributed by atoms with van der Waals surface area (Å²) >= 11 is 5.09. The minimum Gasteiger partial charge on any atom is -0.392 e. The smallest absolute Gasteiger partial charge is 0.240 e. The summed E-state index contributed by atoms with van der Waals surface area (Å²) in [5.41, 5.74) is 1.24. The summed E-state index contributed by atoms with van der Waals surface area (Å²) in [6.45, 7) is 2.03. The first-order valence-corrected chi connectivity index (χ1v) is 10.3. The summed E-state index contributed by atoms with van der Waals surface area (Å²) in [7, 11) is -3.57. The van der Waals surface area contributed by atoms with E-state index in [4.69, 9.17) is 0 Å². The van der Waals surface area contributed by atoms with Gasteiger partial charge in [-0.15, -0.1) is 0 Å². The number of sulfonamides is 1. The van der Waals surface area contributed by atoms with E-state index in [1.807, 2.05) is 6.26 Å². The molecule has 0 saturated heterocycles. The molecule has 118 valence electrons. The highest BCUT2D eigenvalue weighted by molar-refractivity contribution is 9.10. The quantitative estimate of drug-likeness (QED) is 0.779. The van der Waals surface area contributed by atoms with E-state index in [1.54, 1.807) is 24.8 Å². The van der Waals surface area contributed by atoms with E-state index in [1.165, 1.54) is 6.07 Å². The molecule has 0 spiro atoms. The Labute approximate surface area is 138 Å². The van der Waals surface area contributed by atoms with Crippen LogP contribution in [0.1, 0.15) is 30.4 Å². The molecule has 0 amide bonds. The third kappa shape index (κ3) is 3.64. The highest BCUT2D eigenvalue weighted by Crippen LogP contribution is 2.42. The topological polar surface area (TPSA) is 66.4 Å². The molecule has 0 heterocycles. The molecule has 1 aliphatic rings. The monoisotopic (exact) mass is 393 g/mol. The molecule has 1 aliphatic carbocycles. The summed E-state index contributed by atoms with van der Waals surface area (Å²) in [6, 6.07) is 3.28. The van der Waals surface area contributed by atoms with Gasteiger partial charge in [-0.3, -0.25) is 0 Å².